The quantitative estimate of drug-likeness (QED) is 0.145. The Balaban J connectivity index is 1.25. The minimum absolute atomic E-state index is 0.0224. The average molecular weight is 543 g/mol. The molecule has 1 unspecified atom stereocenters. The highest BCUT2D eigenvalue weighted by atomic mass is 32.1. The molecule has 5 aromatic rings. The number of carbonyl (C=O) groups excluding carboxylic acids is 2. The number of rotatable bonds is 7. The number of hydrazine groups is 1. The van der Waals surface area contributed by atoms with E-state index in [2.05, 4.69) is 40.6 Å². The van der Waals surface area contributed by atoms with Crippen LogP contribution in [-0.2, 0) is 0 Å². The van der Waals surface area contributed by atoms with Crippen molar-refractivity contribution in [2.45, 2.75) is 13.0 Å². The standard InChI is InChI=1S/C28H22N4O6S/c1-16(22-15-39-25-5-3-2-4-21(22)25)29-19-9-6-17(7-10-19)20-12-13-38-26(20)28(35)31-30-27(34)18-8-11-24(33)23(14-18)32(36)37/h2-16,29,33H,1H3,(H,30,34)(H,31,35). The molecule has 10 nitrogen and oxygen atoms in total. The molecule has 0 saturated heterocycles. The first-order valence-corrected chi connectivity index (χ1v) is 12.7. The summed E-state index contributed by atoms with van der Waals surface area (Å²) in [5.74, 6) is -2.11. The number of phenolic OH excluding ortho intramolecular Hbond substituents is 1. The molecule has 0 saturated carbocycles. The molecule has 1 atom stereocenters. The predicted octanol–water partition coefficient (Wildman–Crippen LogP) is 6.02. The van der Waals surface area contributed by atoms with E-state index in [1.54, 1.807) is 17.4 Å². The lowest BCUT2D eigenvalue weighted by Crippen LogP contribution is -2.41. The van der Waals surface area contributed by atoms with Crippen molar-refractivity contribution in [2.75, 3.05) is 5.32 Å². The normalized spacial score (nSPS) is 11.6. The molecule has 2 heterocycles. The largest absolute Gasteiger partial charge is 0.502 e. The molecule has 39 heavy (non-hydrogen) atoms. The van der Waals surface area contributed by atoms with Crippen LogP contribution in [0.1, 0.15) is 39.4 Å². The minimum Gasteiger partial charge on any atom is -0.502 e. The Labute approximate surface area is 226 Å². The van der Waals surface area contributed by atoms with Gasteiger partial charge in [0.25, 0.3) is 5.91 Å². The molecule has 11 heteroatoms. The van der Waals surface area contributed by atoms with E-state index >= 15 is 0 Å². The van der Waals surface area contributed by atoms with Crippen LogP contribution in [0.15, 0.2) is 88.9 Å². The van der Waals surface area contributed by atoms with Crippen molar-refractivity contribution in [1.82, 2.24) is 10.9 Å². The Bertz CT molecular complexity index is 1690. The van der Waals surface area contributed by atoms with E-state index in [1.807, 2.05) is 36.4 Å². The van der Waals surface area contributed by atoms with Crippen LogP contribution >= 0.6 is 11.3 Å². The zero-order valence-corrected chi connectivity index (χ0v) is 21.3. The van der Waals surface area contributed by atoms with Crippen LogP contribution in [-0.4, -0.2) is 21.8 Å². The highest BCUT2D eigenvalue weighted by Gasteiger charge is 2.20. The summed E-state index contributed by atoms with van der Waals surface area (Å²) in [4.78, 5) is 35.3. The van der Waals surface area contributed by atoms with Crippen molar-refractivity contribution in [3.05, 3.63) is 111 Å². The molecule has 0 aliphatic carbocycles. The molecule has 196 valence electrons. The third-order valence-electron chi connectivity index (χ3n) is 6.15. The number of amides is 2. The van der Waals surface area contributed by atoms with Gasteiger partial charge in [0.1, 0.15) is 0 Å². The number of furan rings is 1. The summed E-state index contributed by atoms with van der Waals surface area (Å²) in [6, 6.07) is 20.7. The molecule has 0 bridgehead atoms. The lowest BCUT2D eigenvalue weighted by molar-refractivity contribution is -0.385. The Morgan fingerprint density at radius 2 is 1.74 bits per heavy atom. The highest BCUT2D eigenvalue weighted by Crippen LogP contribution is 2.33. The van der Waals surface area contributed by atoms with Crippen LogP contribution in [0.5, 0.6) is 5.75 Å². The topological polar surface area (TPSA) is 147 Å². The van der Waals surface area contributed by atoms with Gasteiger partial charge < -0.3 is 14.8 Å². The molecule has 2 amide bonds. The molecule has 4 N–H and O–H groups in total. The second-order valence-electron chi connectivity index (χ2n) is 8.66. The van der Waals surface area contributed by atoms with Crippen molar-refractivity contribution in [2.24, 2.45) is 0 Å². The molecule has 0 radical (unpaired) electrons. The molecule has 0 spiro atoms. The van der Waals surface area contributed by atoms with E-state index in [4.69, 9.17) is 4.42 Å². The SMILES string of the molecule is CC(Nc1ccc(-c2ccoc2C(=O)NNC(=O)c2ccc(O)c([N+](=O)[O-])c2)cc1)c1csc2ccccc12. The van der Waals surface area contributed by atoms with Gasteiger partial charge in [-0.05, 0) is 65.2 Å². The molecular weight excluding hydrogens is 520 g/mol. The van der Waals surface area contributed by atoms with E-state index in [0.29, 0.717) is 5.56 Å². The van der Waals surface area contributed by atoms with Crippen LogP contribution in [0.2, 0.25) is 0 Å². The number of anilines is 1. The molecule has 3 aromatic carbocycles. The van der Waals surface area contributed by atoms with Gasteiger partial charge in [0, 0.05) is 33.6 Å². The number of phenols is 1. The Kier molecular flexibility index (Phi) is 6.98. The van der Waals surface area contributed by atoms with Crippen molar-refractivity contribution in [1.29, 1.82) is 0 Å². The number of carbonyl (C=O) groups is 2. The fourth-order valence-electron chi connectivity index (χ4n) is 4.17. The van der Waals surface area contributed by atoms with Gasteiger partial charge in [-0.25, -0.2) is 0 Å². The van der Waals surface area contributed by atoms with Gasteiger partial charge in [0.2, 0.25) is 5.76 Å². The van der Waals surface area contributed by atoms with E-state index < -0.39 is 28.2 Å². The van der Waals surface area contributed by atoms with E-state index in [9.17, 15) is 24.8 Å². The molecule has 5 rings (SSSR count). The Morgan fingerprint density at radius 1 is 1.00 bits per heavy atom. The number of nitrogens with zero attached hydrogens (tertiary/aromatic N) is 1. The molecular formula is C28H22N4O6S. The van der Waals surface area contributed by atoms with E-state index in [-0.39, 0.29) is 17.4 Å². The van der Waals surface area contributed by atoms with Crippen molar-refractivity contribution in [3.8, 4) is 16.9 Å². The summed E-state index contributed by atoms with van der Waals surface area (Å²) in [7, 11) is 0. The summed E-state index contributed by atoms with van der Waals surface area (Å²) < 4.78 is 6.61. The summed E-state index contributed by atoms with van der Waals surface area (Å²) in [6.07, 6.45) is 1.37. The summed E-state index contributed by atoms with van der Waals surface area (Å²) >= 11 is 1.71. The zero-order chi connectivity index (χ0) is 27.5. The molecule has 2 aromatic heterocycles. The maximum Gasteiger partial charge on any atom is 0.311 e. The van der Waals surface area contributed by atoms with Crippen LogP contribution in [0.4, 0.5) is 11.4 Å². The van der Waals surface area contributed by atoms with Crippen molar-refractivity contribution >= 4 is 44.6 Å². The number of nitro groups is 1. The third kappa shape index (κ3) is 5.29. The number of hydrogen-bond acceptors (Lipinski definition) is 8. The van der Waals surface area contributed by atoms with Gasteiger partial charge >= 0.3 is 11.6 Å². The smallest absolute Gasteiger partial charge is 0.311 e. The number of nitrogens with one attached hydrogen (secondary N) is 3. The van der Waals surface area contributed by atoms with Gasteiger partial charge in [0.15, 0.2) is 5.75 Å². The van der Waals surface area contributed by atoms with Crippen LogP contribution in [0, 0.1) is 10.1 Å². The number of fused-ring (bicyclic) bond motifs is 1. The van der Waals surface area contributed by atoms with Crippen LogP contribution in [0.3, 0.4) is 0 Å². The summed E-state index contributed by atoms with van der Waals surface area (Å²) in [5, 5.41) is 27.4. The maximum atomic E-state index is 12.7. The Hall–Kier alpha value is -5.16. The van der Waals surface area contributed by atoms with E-state index in [1.165, 1.54) is 28.0 Å². The fraction of sp³-hybridized carbons (Fsp3) is 0.0714. The first kappa shape index (κ1) is 25.5. The van der Waals surface area contributed by atoms with Crippen molar-refractivity contribution in [3.63, 3.8) is 0 Å². The number of thiophene rings is 1. The van der Waals surface area contributed by atoms with Gasteiger partial charge in [-0.15, -0.1) is 11.3 Å². The van der Waals surface area contributed by atoms with Gasteiger partial charge in [-0.2, -0.15) is 0 Å². The van der Waals surface area contributed by atoms with Gasteiger partial charge in [-0.3, -0.25) is 30.6 Å². The predicted molar refractivity (Wildman–Crippen MR) is 148 cm³/mol. The first-order chi connectivity index (χ1) is 18.8. The Morgan fingerprint density at radius 3 is 2.51 bits per heavy atom. The summed E-state index contributed by atoms with van der Waals surface area (Å²) in [6.45, 7) is 2.10. The summed E-state index contributed by atoms with van der Waals surface area (Å²) in [5.41, 5.74) is 7.08. The van der Waals surface area contributed by atoms with Crippen molar-refractivity contribution < 1.29 is 24.0 Å². The lowest BCUT2D eigenvalue weighted by atomic mass is 10.0. The number of benzene rings is 3. The molecule has 0 fully saturated rings. The van der Waals surface area contributed by atoms with Crippen LogP contribution < -0.4 is 16.2 Å². The minimum atomic E-state index is -0.814. The number of aromatic hydroxyl groups is 1. The second kappa shape index (κ2) is 10.7. The number of hydrogen-bond donors (Lipinski definition) is 4. The maximum absolute atomic E-state index is 12.7. The van der Waals surface area contributed by atoms with Crippen LogP contribution in [0.25, 0.3) is 21.2 Å². The zero-order valence-electron chi connectivity index (χ0n) is 20.5. The van der Waals surface area contributed by atoms with E-state index in [0.717, 1.165) is 23.4 Å². The second-order valence-corrected chi connectivity index (χ2v) is 9.57. The fourth-order valence-corrected chi connectivity index (χ4v) is 5.23. The average Bonchev–Trinajstić information content (AvgIpc) is 3.60. The monoisotopic (exact) mass is 542 g/mol. The molecule has 0 aliphatic heterocycles. The highest BCUT2D eigenvalue weighted by molar-refractivity contribution is 7.17. The van der Waals surface area contributed by atoms with Gasteiger partial charge in [-0.1, -0.05) is 30.3 Å². The lowest BCUT2D eigenvalue weighted by Gasteiger charge is -2.15. The van der Waals surface area contributed by atoms with Gasteiger partial charge in [0.05, 0.1) is 11.2 Å². The third-order valence-corrected chi connectivity index (χ3v) is 7.13. The number of nitro benzene ring substituents is 1. The first-order valence-electron chi connectivity index (χ1n) is 11.8. The molecule has 0 aliphatic rings.